The van der Waals surface area contributed by atoms with E-state index in [9.17, 15) is 8.42 Å². The van der Waals surface area contributed by atoms with Crippen LogP contribution in [0.15, 0.2) is 56.3 Å². The summed E-state index contributed by atoms with van der Waals surface area (Å²) in [5, 5.41) is 0. The number of halogens is 2. The number of hydrogen-bond donors (Lipinski definition) is 2. The predicted molar refractivity (Wildman–Crippen MR) is 83.5 cm³/mol. The second-order valence-electron chi connectivity index (χ2n) is 3.78. The molecule has 19 heavy (non-hydrogen) atoms. The summed E-state index contributed by atoms with van der Waals surface area (Å²) in [6, 6.07) is 11.5. The van der Waals surface area contributed by atoms with Crippen LogP contribution in [0, 0.1) is 0 Å². The Labute approximate surface area is 128 Å². The molecule has 0 aliphatic heterocycles. The van der Waals surface area contributed by atoms with E-state index in [0.717, 1.165) is 0 Å². The molecule has 2 aromatic carbocycles. The molecule has 0 fully saturated rings. The molecule has 0 spiro atoms. The van der Waals surface area contributed by atoms with Crippen molar-refractivity contribution in [3.05, 3.63) is 51.4 Å². The quantitative estimate of drug-likeness (QED) is 0.766. The molecule has 100 valence electrons. The maximum atomic E-state index is 12.3. The van der Waals surface area contributed by atoms with Gasteiger partial charge in [-0.3, -0.25) is 4.72 Å². The molecular weight excluding hydrogens is 396 g/mol. The lowest BCUT2D eigenvalue weighted by molar-refractivity contribution is 0.600. The first-order valence-corrected chi connectivity index (χ1v) is 8.29. The summed E-state index contributed by atoms with van der Waals surface area (Å²) in [4.78, 5) is 0.171. The Morgan fingerprint density at radius 2 is 1.68 bits per heavy atom. The van der Waals surface area contributed by atoms with Gasteiger partial charge in [0, 0.05) is 14.6 Å². The number of nitrogens with one attached hydrogen (secondary N) is 1. The van der Waals surface area contributed by atoms with Gasteiger partial charge in [0.1, 0.15) is 4.90 Å². The topological polar surface area (TPSA) is 72.2 Å². The number of sulfonamides is 1. The molecule has 0 heterocycles. The zero-order chi connectivity index (χ0) is 14.0. The monoisotopic (exact) mass is 404 g/mol. The molecule has 0 saturated carbocycles. The van der Waals surface area contributed by atoms with Crippen molar-refractivity contribution in [2.75, 3.05) is 10.5 Å². The third kappa shape index (κ3) is 3.29. The molecule has 0 aromatic heterocycles. The Bertz CT molecular complexity index is 717. The van der Waals surface area contributed by atoms with Crippen molar-refractivity contribution >= 4 is 53.3 Å². The Morgan fingerprint density at radius 1 is 1.00 bits per heavy atom. The van der Waals surface area contributed by atoms with Crippen LogP contribution >= 0.6 is 31.9 Å². The van der Waals surface area contributed by atoms with Gasteiger partial charge in [-0.25, -0.2) is 8.42 Å². The van der Waals surface area contributed by atoms with Crippen LogP contribution in [0.25, 0.3) is 0 Å². The van der Waals surface area contributed by atoms with Crippen LogP contribution in [0.4, 0.5) is 11.4 Å². The fourth-order valence-corrected chi connectivity index (χ4v) is 4.04. The minimum Gasteiger partial charge on any atom is -0.399 e. The van der Waals surface area contributed by atoms with E-state index in [1.807, 2.05) is 0 Å². The van der Waals surface area contributed by atoms with Gasteiger partial charge in [0.15, 0.2) is 0 Å². The van der Waals surface area contributed by atoms with E-state index in [1.165, 1.54) is 6.07 Å². The lowest BCUT2D eigenvalue weighted by Gasteiger charge is -2.11. The van der Waals surface area contributed by atoms with Crippen molar-refractivity contribution in [1.29, 1.82) is 0 Å². The first-order valence-electron chi connectivity index (χ1n) is 5.22. The van der Waals surface area contributed by atoms with Gasteiger partial charge in [0.25, 0.3) is 10.0 Å². The molecule has 0 atom stereocenters. The average molecular weight is 406 g/mol. The molecule has 7 heteroatoms. The SMILES string of the molecule is Nc1ccc(Br)c(NS(=O)(=O)c2ccccc2Br)c1. The van der Waals surface area contributed by atoms with Gasteiger partial charge in [-0.05, 0) is 62.2 Å². The molecule has 0 bridgehead atoms. The summed E-state index contributed by atoms with van der Waals surface area (Å²) in [7, 11) is -3.67. The molecule has 0 aliphatic carbocycles. The third-order valence-corrected chi connectivity index (χ3v) is 5.43. The Balaban J connectivity index is 2.43. The van der Waals surface area contributed by atoms with Gasteiger partial charge < -0.3 is 5.73 Å². The van der Waals surface area contributed by atoms with Gasteiger partial charge in [-0.1, -0.05) is 12.1 Å². The summed E-state index contributed by atoms with van der Waals surface area (Å²) in [5.41, 5.74) is 6.53. The highest BCUT2D eigenvalue weighted by atomic mass is 79.9. The van der Waals surface area contributed by atoms with Crippen LogP contribution in [0.3, 0.4) is 0 Å². The maximum Gasteiger partial charge on any atom is 0.263 e. The molecule has 0 aliphatic rings. The molecule has 4 nitrogen and oxygen atoms in total. The molecule has 3 N–H and O–H groups in total. The average Bonchev–Trinajstić information content (AvgIpc) is 2.34. The van der Waals surface area contributed by atoms with E-state index in [0.29, 0.717) is 20.3 Å². The zero-order valence-corrected chi connectivity index (χ0v) is 13.6. The fraction of sp³-hybridized carbons (Fsp3) is 0. The molecule has 0 saturated heterocycles. The van der Waals surface area contributed by atoms with Crippen molar-refractivity contribution < 1.29 is 8.42 Å². The van der Waals surface area contributed by atoms with Gasteiger partial charge in [0.2, 0.25) is 0 Å². The molecule has 0 unspecified atom stereocenters. The number of nitrogen functional groups attached to an aromatic ring is 1. The van der Waals surface area contributed by atoms with E-state index in [2.05, 4.69) is 36.6 Å². The second kappa shape index (κ2) is 5.52. The normalized spacial score (nSPS) is 11.3. The highest BCUT2D eigenvalue weighted by molar-refractivity contribution is 9.11. The first kappa shape index (κ1) is 14.4. The predicted octanol–water partition coefficient (Wildman–Crippen LogP) is 3.59. The van der Waals surface area contributed by atoms with Crippen LogP contribution in [0.5, 0.6) is 0 Å². The minimum absolute atomic E-state index is 0.171. The highest BCUT2D eigenvalue weighted by Gasteiger charge is 2.18. The van der Waals surface area contributed by atoms with Crippen molar-refractivity contribution in [3.63, 3.8) is 0 Å². The number of benzene rings is 2. The first-order chi connectivity index (χ1) is 8.90. The van der Waals surface area contributed by atoms with E-state index in [1.54, 1.807) is 36.4 Å². The molecule has 0 radical (unpaired) electrons. The number of rotatable bonds is 3. The van der Waals surface area contributed by atoms with Crippen LogP contribution in [-0.2, 0) is 10.0 Å². The lowest BCUT2D eigenvalue weighted by Crippen LogP contribution is -2.14. The largest absolute Gasteiger partial charge is 0.399 e. The molecule has 0 amide bonds. The van der Waals surface area contributed by atoms with Crippen LogP contribution < -0.4 is 10.5 Å². The maximum absolute atomic E-state index is 12.3. The number of nitrogens with two attached hydrogens (primary N) is 1. The van der Waals surface area contributed by atoms with Crippen molar-refractivity contribution in [1.82, 2.24) is 0 Å². The van der Waals surface area contributed by atoms with Crippen LogP contribution in [-0.4, -0.2) is 8.42 Å². The summed E-state index contributed by atoms with van der Waals surface area (Å²) in [5.74, 6) is 0. The van der Waals surface area contributed by atoms with E-state index < -0.39 is 10.0 Å². The second-order valence-corrected chi connectivity index (χ2v) is 7.13. The molecule has 2 aromatic rings. The van der Waals surface area contributed by atoms with Gasteiger partial charge in [0.05, 0.1) is 5.69 Å². The Hall–Kier alpha value is -1.05. The van der Waals surface area contributed by atoms with Gasteiger partial charge >= 0.3 is 0 Å². The fourth-order valence-electron chi connectivity index (χ4n) is 1.48. The minimum atomic E-state index is -3.67. The Morgan fingerprint density at radius 3 is 2.37 bits per heavy atom. The van der Waals surface area contributed by atoms with Crippen LogP contribution in [0.2, 0.25) is 0 Å². The van der Waals surface area contributed by atoms with Crippen molar-refractivity contribution in [2.45, 2.75) is 4.90 Å². The summed E-state index contributed by atoms with van der Waals surface area (Å²) in [6.45, 7) is 0. The molecular formula is C12H10Br2N2O2S. The lowest BCUT2D eigenvalue weighted by atomic mass is 10.3. The number of anilines is 2. The third-order valence-electron chi connectivity index (χ3n) is 2.36. The van der Waals surface area contributed by atoms with E-state index in [-0.39, 0.29) is 4.90 Å². The summed E-state index contributed by atoms with van der Waals surface area (Å²) in [6.07, 6.45) is 0. The van der Waals surface area contributed by atoms with E-state index >= 15 is 0 Å². The van der Waals surface area contributed by atoms with Crippen molar-refractivity contribution in [3.8, 4) is 0 Å². The smallest absolute Gasteiger partial charge is 0.263 e. The van der Waals surface area contributed by atoms with Crippen molar-refractivity contribution in [2.24, 2.45) is 0 Å². The number of hydrogen-bond acceptors (Lipinski definition) is 3. The summed E-state index contributed by atoms with van der Waals surface area (Å²) >= 11 is 6.50. The van der Waals surface area contributed by atoms with E-state index in [4.69, 9.17) is 5.73 Å². The standard InChI is InChI=1S/C12H10Br2N2O2S/c13-9-6-5-8(15)7-11(9)16-19(17,18)12-4-2-1-3-10(12)14/h1-7,16H,15H2. The zero-order valence-electron chi connectivity index (χ0n) is 9.60. The highest BCUT2D eigenvalue weighted by Crippen LogP contribution is 2.29. The van der Waals surface area contributed by atoms with Gasteiger partial charge in [-0.15, -0.1) is 0 Å². The Kier molecular flexibility index (Phi) is 4.17. The van der Waals surface area contributed by atoms with Crippen LogP contribution in [0.1, 0.15) is 0 Å². The summed E-state index contributed by atoms with van der Waals surface area (Å²) < 4.78 is 28.2. The van der Waals surface area contributed by atoms with Gasteiger partial charge in [-0.2, -0.15) is 0 Å². The molecule has 2 rings (SSSR count).